The molecular formula is C11H17N3O2. The molecule has 5 heteroatoms. The van der Waals surface area contributed by atoms with Crippen LogP contribution in [0, 0.1) is 0 Å². The summed E-state index contributed by atoms with van der Waals surface area (Å²) in [6, 6.07) is 5.62. The predicted molar refractivity (Wildman–Crippen MR) is 60.7 cm³/mol. The standard InChI is InChI=1S/C11H17N3O2/c12-14-11-5-1-3-9(13-11)7-15-8-10-4-2-6-16-10/h1,3,5,10H,2,4,6-8,12H2,(H,13,14). The summed E-state index contributed by atoms with van der Waals surface area (Å²) in [6.07, 6.45) is 2.49. The number of ether oxygens (including phenoxy) is 2. The first-order valence-corrected chi connectivity index (χ1v) is 5.50. The van der Waals surface area contributed by atoms with Crippen LogP contribution in [0.2, 0.25) is 0 Å². The second kappa shape index (κ2) is 5.79. The minimum absolute atomic E-state index is 0.260. The van der Waals surface area contributed by atoms with Crippen molar-refractivity contribution < 1.29 is 9.47 Å². The van der Waals surface area contributed by atoms with Crippen molar-refractivity contribution in [2.45, 2.75) is 25.6 Å². The minimum Gasteiger partial charge on any atom is -0.376 e. The van der Waals surface area contributed by atoms with Crippen molar-refractivity contribution in [3.63, 3.8) is 0 Å². The second-order valence-electron chi connectivity index (χ2n) is 3.81. The van der Waals surface area contributed by atoms with E-state index in [0.29, 0.717) is 19.0 Å². The number of hydrogen-bond acceptors (Lipinski definition) is 5. The molecule has 2 rings (SSSR count). The molecule has 0 amide bonds. The highest BCUT2D eigenvalue weighted by Crippen LogP contribution is 2.13. The van der Waals surface area contributed by atoms with Crippen LogP contribution in [0.15, 0.2) is 18.2 Å². The summed E-state index contributed by atoms with van der Waals surface area (Å²) in [5.74, 6) is 5.92. The van der Waals surface area contributed by atoms with Gasteiger partial charge in [0.1, 0.15) is 5.82 Å². The molecule has 1 saturated heterocycles. The van der Waals surface area contributed by atoms with E-state index in [1.807, 2.05) is 18.2 Å². The number of rotatable bonds is 5. The number of nitrogens with two attached hydrogens (primary N) is 1. The van der Waals surface area contributed by atoms with E-state index in [9.17, 15) is 0 Å². The van der Waals surface area contributed by atoms with Gasteiger partial charge in [-0.25, -0.2) is 10.8 Å². The molecule has 0 saturated carbocycles. The van der Waals surface area contributed by atoms with Crippen molar-refractivity contribution in [2.75, 3.05) is 18.6 Å². The molecule has 1 fully saturated rings. The summed E-state index contributed by atoms with van der Waals surface area (Å²) < 4.78 is 11.0. The van der Waals surface area contributed by atoms with E-state index < -0.39 is 0 Å². The third kappa shape index (κ3) is 3.16. The zero-order valence-corrected chi connectivity index (χ0v) is 9.19. The third-order valence-electron chi connectivity index (χ3n) is 2.53. The minimum atomic E-state index is 0.260. The molecule has 1 atom stereocenters. The molecule has 16 heavy (non-hydrogen) atoms. The molecule has 0 spiro atoms. The smallest absolute Gasteiger partial charge is 0.140 e. The average Bonchev–Trinajstić information content (AvgIpc) is 2.82. The number of nitrogens with one attached hydrogen (secondary N) is 1. The van der Waals surface area contributed by atoms with Gasteiger partial charge in [0.25, 0.3) is 0 Å². The number of hydrazine groups is 1. The van der Waals surface area contributed by atoms with E-state index in [2.05, 4.69) is 10.4 Å². The Kier molecular flexibility index (Phi) is 4.10. The lowest BCUT2D eigenvalue weighted by atomic mass is 10.2. The first-order chi connectivity index (χ1) is 7.88. The van der Waals surface area contributed by atoms with Crippen LogP contribution in [0.4, 0.5) is 5.82 Å². The summed E-state index contributed by atoms with van der Waals surface area (Å²) >= 11 is 0. The highest BCUT2D eigenvalue weighted by atomic mass is 16.5. The van der Waals surface area contributed by atoms with Gasteiger partial charge in [0.05, 0.1) is 25.0 Å². The quantitative estimate of drug-likeness (QED) is 0.577. The van der Waals surface area contributed by atoms with Crippen molar-refractivity contribution in [3.05, 3.63) is 23.9 Å². The fourth-order valence-electron chi connectivity index (χ4n) is 1.71. The van der Waals surface area contributed by atoms with E-state index in [1.165, 1.54) is 0 Å². The molecule has 0 aliphatic carbocycles. The van der Waals surface area contributed by atoms with Crippen molar-refractivity contribution in [1.82, 2.24) is 4.98 Å². The number of nitrogen functional groups attached to an aromatic ring is 1. The van der Waals surface area contributed by atoms with Crippen LogP contribution in [0.3, 0.4) is 0 Å². The number of aromatic nitrogens is 1. The summed E-state index contributed by atoms with van der Waals surface area (Å²) in [6.45, 7) is 2.00. The predicted octanol–water partition coefficient (Wildman–Crippen LogP) is 1.06. The maximum atomic E-state index is 5.55. The van der Waals surface area contributed by atoms with Crippen LogP contribution in [0.1, 0.15) is 18.5 Å². The topological polar surface area (TPSA) is 69.4 Å². The van der Waals surface area contributed by atoms with Crippen molar-refractivity contribution in [3.8, 4) is 0 Å². The molecule has 2 heterocycles. The Balaban J connectivity index is 1.75. The zero-order chi connectivity index (χ0) is 11.2. The van der Waals surface area contributed by atoms with Gasteiger partial charge in [-0.1, -0.05) is 6.07 Å². The maximum absolute atomic E-state index is 5.55. The van der Waals surface area contributed by atoms with Crippen LogP contribution in [0.25, 0.3) is 0 Å². The number of pyridine rings is 1. The van der Waals surface area contributed by atoms with E-state index in [4.69, 9.17) is 15.3 Å². The maximum Gasteiger partial charge on any atom is 0.140 e. The van der Waals surface area contributed by atoms with E-state index in [1.54, 1.807) is 0 Å². The van der Waals surface area contributed by atoms with Gasteiger partial charge in [-0.2, -0.15) is 0 Å². The molecule has 1 aromatic rings. The van der Waals surface area contributed by atoms with Gasteiger partial charge in [-0.15, -0.1) is 0 Å². The van der Waals surface area contributed by atoms with Gasteiger partial charge < -0.3 is 14.9 Å². The molecule has 3 N–H and O–H groups in total. The van der Waals surface area contributed by atoms with Gasteiger partial charge in [-0.05, 0) is 25.0 Å². The molecule has 1 unspecified atom stereocenters. The number of anilines is 1. The van der Waals surface area contributed by atoms with Crippen LogP contribution in [0.5, 0.6) is 0 Å². The molecule has 0 aromatic carbocycles. The lowest BCUT2D eigenvalue weighted by Gasteiger charge is -2.10. The highest BCUT2D eigenvalue weighted by molar-refractivity contribution is 5.33. The van der Waals surface area contributed by atoms with E-state index in [-0.39, 0.29) is 6.10 Å². The van der Waals surface area contributed by atoms with E-state index in [0.717, 1.165) is 25.1 Å². The average molecular weight is 223 g/mol. The molecule has 1 aliphatic rings. The first kappa shape index (κ1) is 11.3. The van der Waals surface area contributed by atoms with Gasteiger partial charge in [0.15, 0.2) is 0 Å². The lowest BCUT2D eigenvalue weighted by Crippen LogP contribution is -2.14. The Morgan fingerprint density at radius 1 is 1.56 bits per heavy atom. The SMILES string of the molecule is NNc1cccc(COCC2CCCO2)n1. The van der Waals surface area contributed by atoms with Gasteiger partial charge in [0, 0.05) is 6.61 Å². The van der Waals surface area contributed by atoms with Crippen LogP contribution in [-0.4, -0.2) is 24.3 Å². The molecule has 0 bridgehead atoms. The molecule has 1 aliphatic heterocycles. The summed E-state index contributed by atoms with van der Waals surface area (Å²) in [5, 5.41) is 0. The van der Waals surface area contributed by atoms with Crippen LogP contribution in [-0.2, 0) is 16.1 Å². The Morgan fingerprint density at radius 2 is 2.50 bits per heavy atom. The largest absolute Gasteiger partial charge is 0.376 e. The van der Waals surface area contributed by atoms with Gasteiger partial charge in [0.2, 0.25) is 0 Å². The molecule has 1 aromatic heterocycles. The molecule has 5 nitrogen and oxygen atoms in total. The highest BCUT2D eigenvalue weighted by Gasteiger charge is 2.15. The first-order valence-electron chi connectivity index (χ1n) is 5.50. The Labute approximate surface area is 94.9 Å². The van der Waals surface area contributed by atoms with Crippen LogP contribution < -0.4 is 11.3 Å². The summed E-state index contributed by atoms with van der Waals surface area (Å²) in [4.78, 5) is 4.25. The second-order valence-corrected chi connectivity index (χ2v) is 3.81. The van der Waals surface area contributed by atoms with Crippen molar-refractivity contribution >= 4 is 5.82 Å². The zero-order valence-electron chi connectivity index (χ0n) is 9.19. The van der Waals surface area contributed by atoms with Gasteiger partial charge in [-0.3, -0.25) is 0 Å². The Morgan fingerprint density at radius 3 is 3.25 bits per heavy atom. The molecule has 0 radical (unpaired) electrons. The fraction of sp³-hybridized carbons (Fsp3) is 0.545. The van der Waals surface area contributed by atoms with Gasteiger partial charge >= 0.3 is 0 Å². The van der Waals surface area contributed by atoms with Crippen molar-refractivity contribution in [2.24, 2.45) is 5.84 Å². The normalized spacial score (nSPS) is 19.9. The molecular weight excluding hydrogens is 206 g/mol. The van der Waals surface area contributed by atoms with E-state index >= 15 is 0 Å². The monoisotopic (exact) mass is 223 g/mol. The molecule has 88 valence electrons. The third-order valence-corrected chi connectivity index (χ3v) is 2.53. The van der Waals surface area contributed by atoms with Crippen LogP contribution >= 0.6 is 0 Å². The lowest BCUT2D eigenvalue weighted by molar-refractivity contribution is 0.00968. The number of nitrogens with zero attached hydrogens (tertiary/aromatic N) is 1. The Hall–Kier alpha value is -1.17. The number of hydrogen-bond donors (Lipinski definition) is 2. The summed E-state index contributed by atoms with van der Waals surface area (Å²) in [5.41, 5.74) is 3.38. The van der Waals surface area contributed by atoms with Crippen molar-refractivity contribution in [1.29, 1.82) is 0 Å². The summed E-state index contributed by atoms with van der Waals surface area (Å²) in [7, 11) is 0. The fourth-order valence-corrected chi connectivity index (χ4v) is 1.71. The Bertz CT molecular complexity index is 327.